The summed E-state index contributed by atoms with van der Waals surface area (Å²) in [5.41, 5.74) is 6.08. The number of methoxy groups -OCH3 is 2. The van der Waals surface area contributed by atoms with Crippen LogP contribution in [0.4, 0.5) is 5.69 Å². The molecule has 18 heavy (non-hydrogen) atoms. The number of hydrogen-bond donors (Lipinski definition) is 2. The fourth-order valence-corrected chi connectivity index (χ4v) is 1.56. The van der Waals surface area contributed by atoms with Gasteiger partial charge in [-0.1, -0.05) is 18.5 Å². The van der Waals surface area contributed by atoms with Gasteiger partial charge in [0.2, 0.25) is 5.91 Å². The van der Waals surface area contributed by atoms with Crippen molar-refractivity contribution in [3.8, 4) is 11.5 Å². The van der Waals surface area contributed by atoms with Crippen molar-refractivity contribution in [3.05, 3.63) is 17.2 Å². The molecule has 1 aromatic carbocycles. The molecule has 0 radical (unpaired) electrons. The predicted octanol–water partition coefficient (Wildman–Crippen LogP) is 2.03. The predicted molar refractivity (Wildman–Crippen MR) is 71.5 cm³/mol. The molecule has 3 N–H and O–H groups in total. The quantitative estimate of drug-likeness (QED) is 0.860. The fourth-order valence-electron chi connectivity index (χ4n) is 1.36. The Labute approximate surface area is 111 Å². The van der Waals surface area contributed by atoms with Gasteiger partial charge in [-0.15, -0.1) is 0 Å². The van der Waals surface area contributed by atoms with Crippen LogP contribution in [0.3, 0.4) is 0 Å². The van der Waals surface area contributed by atoms with Crippen LogP contribution in [-0.2, 0) is 4.79 Å². The molecule has 0 saturated carbocycles. The molecular weight excluding hydrogens is 256 g/mol. The summed E-state index contributed by atoms with van der Waals surface area (Å²) in [6.07, 6.45) is 0.552. The van der Waals surface area contributed by atoms with Gasteiger partial charge in [0.15, 0.2) is 11.5 Å². The molecule has 0 saturated heterocycles. The van der Waals surface area contributed by atoms with Crippen LogP contribution >= 0.6 is 11.6 Å². The number of nitrogens with one attached hydrogen (secondary N) is 1. The van der Waals surface area contributed by atoms with Crippen LogP contribution in [0.15, 0.2) is 12.1 Å². The van der Waals surface area contributed by atoms with Crippen molar-refractivity contribution in [2.75, 3.05) is 19.5 Å². The number of anilines is 1. The third-order valence-corrected chi connectivity index (χ3v) is 2.82. The summed E-state index contributed by atoms with van der Waals surface area (Å²) in [4.78, 5) is 11.7. The second-order valence-electron chi connectivity index (χ2n) is 3.69. The van der Waals surface area contributed by atoms with Crippen molar-refractivity contribution in [3.63, 3.8) is 0 Å². The zero-order valence-corrected chi connectivity index (χ0v) is 11.4. The van der Waals surface area contributed by atoms with Crippen molar-refractivity contribution in [2.24, 2.45) is 5.73 Å². The van der Waals surface area contributed by atoms with Crippen molar-refractivity contribution in [2.45, 2.75) is 19.4 Å². The van der Waals surface area contributed by atoms with E-state index in [9.17, 15) is 4.79 Å². The van der Waals surface area contributed by atoms with Crippen LogP contribution in [-0.4, -0.2) is 26.2 Å². The summed E-state index contributed by atoms with van der Waals surface area (Å²) in [6, 6.07) is 2.61. The normalized spacial score (nSPS) is 11.8. The van der Waals surface area contributed by atoms with Gasteiger partial charge in [0.25, 0.3) is 0 Å². The Hall–Kier alpha value is -1.46. The van der Waals surface area contributed by atoms with E-state index < -0.39 is 6.04 Å². The Balaban J connectivity index is 2.99. The van der Waals surface area contributed by atoms with E-state index in [0.29, 0.717) is 28.6 Å². The summed E-state index contributed by atoms with van der Waals surface area (Å²) in [5.74, 6) is 0.703. The molecule has 0 unspecified atom stereocenters. The molecule has 0 aromatic heterocycles. The largest absolute Gasteiger partial charge is 0.493 e. The molecule has 0 spiro atoms. The zero-order chi connectivity index (χ0) is 13.7. The van der Waals surface area contributed by atoms with E-state index in [2.05, 4.69) is 5.32 Å². The molecule has 1 rings (SSSR count). The molecular formula is C12H17ClN2O3. The van der Waals surface area contributed by atoms with E-state index in [4.69, 9.17) is 26.8 Å². The molecule has 1 aromatic rings. The van der Waals surface area contributed by atoms with Crippen molar-refractivity contribution in [1.82, 2.24) is 0 Å². The summed E-state index contributed by atoms with van der Waals surface area (Å²) < 4.78 is 10.2. The Morgan fingerprint density at radius 1 is 1.39 bits per heavy atom. The number of carbonyl (C=O) groups is 1. The first kappa shape index (κ1) is 14.6. The highest BCUT2D eigenvalue weighted by Crippen LogP contribution is 2.35. The van der Waals surface area contributed by atoms with Crippen LogP contribution in [0.2, 0.25) is 5.02 Å². The van der Waals surface area contributed by atoms with Gasteiger partial charge in [-0.3, -0.25) is 4.79 Å². The van der Waals surface area contributed by atoms with Crippen molar-refractivity contribution < 1.29 is 14.3 Å². The first-order chi connectivity index (χ1) is 8.53. The Morgan fingerprint density at radius 3 is 2.44 bits per heavy atom. The van der Waals surface area contributed by atoms with Gasteiger partial charge in [0, 0.05) is 12.1 Å². The van der Waals surface area contributed by atoms with Gasteiger partial charge in [-0.2, -0.15) is 0 Å². The van der Waals surface area contributed by atoms with E-state index >= 15 is 0 Å². The zero-order valence-electron chi connectivity index (χ0n) is 10.6. The lowest BCUT2D eigenvalue weighted by molar-refractivity contribution is -0.117. The third kappa shape index (κ3) is 3.27. The number of rotatable bonds is 5. The van der Waals surface area contributed by atoms with Gasteiger partial charge in [-0.05, 0) is 6.42 Å². The molecule has 0 heterocycles. The van der Waals surface area contributed by atoms with E-state index in [1.165, 1.54) is 14.2 Å². The van der Waals surface area contributed by atoms with Gasteiger partial charge in [0.1, 0.15) is 0 Å². The fraction of sp³-hybridized carbons (Fsp3) is 0.417. The number of halogens is 1. The van der Waals surface area contributed by atoms with E-state index in [1.807, 2.05) is 6.92 Å². The Bertz CT molecular complexity index is 438. The van der Waals surface area contributed by atoms with E-state index in [1.54, 1.807) is 12.1 Å². The number of hydrogen-bond acceptors (Lipinski definition) is 4. The number of ether oxygens (including phenoxy) is 2. The minimum atomic E-state index is -0.561. The molecule has 0 fully saturated rings. The van der Waals surface area contributed by atoms with Crippen LogP contribution < -0.4 is 20.5 Å². The SMILES string of the molecule is CC[C@@H](N)C(=O)Nc1cc(OC)c(OC)cc1Cl. The second-order valence-corrected chi connectivity index (χ2v) is 4.10. The molecule has 1 atom stereocenters. The van der Waals surface area contributed by atoms with Gasteiger partial charge in [0.05, 0.1) is 31.0 Å². The molecule has 5 nitrogen and oxygen atoms in total. The lowest BCUT2D eigenvalue weighted by Crippen LogP contribution is -2.34. The number of amides is 1. The van der Waals surface area contributed by atoms with Crippen molar-refractivity contribution in [1.29, 1.82) is 0 Å². The Kier molecular flexibility index (Phi) is 5.25. The molecule has 0 aliphatic rings. The third-order valence-electron chi connectivity index (χ3n) is 2.51. The summed E-state index contributed by atoms with van der Waals surface area (Å²) in [7, 11) is 3.02. The van der Waals surface area contributed by atoms with E-state index in [-0.39, 0.29) is 5.91 Å². The maximum Gasteiger partial charge on any atom is 0.241 e. The molecule has 0 aliphatic heterocycles. The van der Waals surface area contributed by atoms with Crippen LogP contribution in [0.1, 0.15) is 13.3 Å². The number of carbonyl (C=O) groups excluding carboxylic acids is 1. The smallest absolute Gasteiger partial charge is 0.241 e. The first-order valence-electron chi connectivity index (χ1n) is 5.51. The van der Waals surface area contributed by atoms with Crippen LogP contribution in [0.25, 0.3) is 0 Å². The van der Waals surface area contributed by atoms with Crippen LogP contribution in [0.5, 0.6) is 11.5 Å². The lowest BCUT2D eigenvalue weighted by Gasteiger charge is -2.14. The molecule has 6 heteroatoms. The summed E-state index contributed by atoms with van der Waals surface area (Å²) in [6.45, 7) is 1.83. The van der Waals surface area contributed by atoms with Crippen LogP contribution in [0, 0.1) is 0 Å². The minimum Gasteiger partial charge on any atom is -0.493 e. The average molecular weight is 273 g/mol. The lowest BCUT2D eigenvalue weighted by atomic mass is 10.2. The van der Waals surface area contributed by atoms with Crippen molar-refractivity contribution >= 4 is 23.2 Å². The summed E-state index contributed by atoms with van der Waals surface area (Å²) in [5, 5.41) is 3.02. The standard InChI is InChI=1S/C12H17ClN2O3/c1-4-8(14)12(16)15-9-6-11(18-3)10(17-2)5-7(9)13/h5-6,8H,4,14H2,1-3H3,(H,15,16)/t8-/m1/s1. The monoisotopic (exact) mass is 272 g/mol. The average Bonchev–Trinajstić information content (AvgIpc) is 2.39. The number of nitrogens with two attached hydrogens (primary N) is 1. The summed E-state index contributed by atoms with van der Waals surface area (Å²) >= 11 is 6.04. The molecule has 100 valence electrons. The second kappa shape index (κ2) is 6.47. The molecule has 0 bridgehead atoms. The van der Waals surface area contributed by atoms with Gasteiger partial charge in [-0.25, -0.2) is 0 Å². The van der Waals surface area contributed by atoms with Gasteiger partial charge < -0.3 is 20.5 Å². The Morgan fingerprint density at radius 2 is 1.94 bits per heavy atom. The number of benzene rings is 1. The maximum absolute atomic E-state index is 11.7. The topological polar surface area (TPSA) is 73.6 Å². The first-order valence-corrected chi connectivity index (χ1v) is 5.89. The van der Waals surface area contributed by atoms with Gasteiger partial charge >= 0.3 is 0 Å². The maximum atomic E-state index is 11.7. The molecule has 0 aliphatic carbocycles. The minimum absolute atomic E-state index is 0.286. The highest BCUT2D eigenvalue weighted by molar-refractivity contribution is 6.34. The highest BCUT2D eigenvalue weighted by atomic mass is 35.5. The van der Waals surface area contributed by atoms with E-state index in [0.717, 1.165) is 0 Å². The molecule has 1 amide bonds. The highest BCUT2D eigenvalue weighted by Gasteiger charge is 2.15.